The lowest BCUT2D eigenvalue weighted by Crippen LogP contribution is -2.02. The van der Waals surface area contributed by atoms with E-state index >= 15 is 0 Å². The van der Waals surface area contributed by atoms with Crippen LogP contribution in [-0.2, 0) is 27.2 Å². The molecule has 0 atom stereocenters. The van der Waals surface area contributed by atoms with E-state index in [0.29, 0.717) is 17.2 Å². The monoisotopic (exact) mass is 585 g/mol. The molecule has 220 valence electrons. The molecule has 0 N–H and O–H groups in total. The van der Waals surface area contributed by atoms with E-state index in [9.17, 15) is 14.4 Å². The van der Waals surface area contributed by atoms with Crippen LogP contribution in [0.3, 0.4) is 0 Å². The van der Waals surface area contributed by atoms with Crippen molar-refractivity contribution < 1.29 is 28.6 Å². The number of benzene rings is 3. The standard InChI is InChI=1S/C37H31NO6/c1-22(39)42-30-12-4-25(5-13-30)20-28-10-18-33-35(27-8-16-32(17-9-27)44-24(3)41)34-19-11-29(37(34)38-36(28)33)21-26-6-14-31(15-7-26)43-23(2)40/h4-9,12-17,20-21H,10-11,18-19H2,1-3H3/b28-20+,29-21+. The number of pyridine rings is 1. The molecule has 0 radical (unpaired) electrons. The maximum Gasteiger partial charge on any atom is 0.308 e. The van der Waals surface area contributed by atoms with Gasteiger partial charge in [0.1, 0.15) is 17.2 Å². The van der Waals surface area contributed by atoms with Gasteiger partial charge in [0, 0.05) is 20.8 Å². The van der Waals surface area contributed by atoms with E-state index in [4.69, 9.17) is 19.2 Å². The minimum atomic E-state index is -0.352. The molecule has 0 spiro atoms. The van der Waals surface area contributed by atoms with Gasteiger partial charge in [-0.2, -0.15) is 0 Å². The number of carbonyl (C=O) groups excluding carboxylic acids is 3. The zero-order valence-corrected chi connectivity index (χ0v) is 24.8. The van der Waals surface area contributed by atoms with Gasteiger partial charge in [-0.05, 0) is 119 Å². The lowest BCUT2D eigenvalue weighted by Gasteiger charge is -2.15. The summed E-state index contributed by atoms with van der Waals surface area (Å²) in [6.45, 7) is 4.17. The van der Waals surface area contributed by atoms with Gasteiger partial charge in [-0.15, -0.1) is 0 Å². The maximum atomic E-state index is 11.5. The van der Waals surface area contributed by atoms with Crippen LogP contribution < -0.4 is 14.2 Å². The van der Waals surface area contributed by atoms with Gasteiger partial charge in [-0.25, -0.2) is 4.98 Å². The predicted molar refractivity (Wildman–Crippen MR) is 169 cm³/mol. The number of nitrogens with zero attached hydrogens (tertiary/aromatic N) is 1. The minimum Gasteiger partial charge on any atom is -0.427 e. The molecule has 2 aliphatic carbocycles. The quantitative estimate of drug-likeness (QED) is 0.171. The highest BCUT2D eigenvalue weighted by atomic mass is 16.5. The van der Waals surface area contributed by atoms with Crippen molar-refractivity contribution in [3.05, 3.63) is 106 Å². The fourth-order valence-electron chi connectivity index (χ4n) is 5.92. The van der Waals surface area contributed by atoms with Crippen LogP contribution in [0.15, 0.2) is 72.8 Å². The van der Waals surface area contributed by atoms with E-state index in [1.165, 1.54) is 37.5 Å². The van der Waals surface area contributed by atoms with Crippen LogP contribution >= 0.6 is 0 Å². The molecule has 0 amide bonds. The highest BCUT2D eigenvalue weighted by Crippen LogP contribution is 2.46. The molecular formula is C37H31NO6. The Morgan fingerprint density at radius 1 is 0.545 bits per heavy atom. The second-order valence-corrected chi connectivity index (χ2v) is 10.9. The topological polar surface area (TPSA) is 91.8 Å². The third kappa shape index (κ3) is 6.22. The van der Waals surface area contributed by atoms with Gasteiger partial charge >= 0.3 is 17.9 Å². The van der Waals surface area contributed by atoms with Gasteiger partial charge < -0.3 is 14.2 Å². The molecule has 7 heteroatoms. The first-order valence-electron chi connectivity index (χ1n) is 14.6. The van der Waals surface area contributed by atoms with Gasteiger partial charge in [0.15, 0.2) is 0 Å². The average molecular weight is 586 g/mol. The molecule has 0 saturated heterocycles. The van der Waals surface area contributed by atoms with Gasteiger partial charge in [0.2, 0.25) is 0 Å². The summed E-state index contributed by atoms with van der Waals surface area (Å²) >= 11 is 0. The first kappa shape index (κ1) is 28.8. The first-order chi connectivity index (χ1) is 21.2. The Morgan fingerprint density at radius 2 is 0.909 bits per heavy atom. The molecule has 0 bridgehead atoms. The summed E-state index contributed by atoms with van der Waals surface area (Å²) in [4.78, 5) is 39.5. The third-order valence-electron chi connectivity index (χ3n) is 7.67. The Balaban J connectivity index is 1.43. The number of fused-ring (bicyclic) bond motifs is 2. The van der Waals surface area contributed by atoms with E-state index in [0.717, 1.165) is 64.9 Å². The smallest absolute Gasteiger partial charge is 0.308 e. The van der Waals surface area contributed by atoms with Crippen LogP contribution in [0.4, 0.5) is 0 Å². The number of hydrogen-bond acceptors (Lipinski definition) is 7. The van der Waals surface area contributed by atoms with Crippen LogP contribution in [0.2, 0.25) is 0 Å². The second-order valence-electron chi connectivity index (χ2n) is 10.9. The second kappa shape index (κ2) is 12.1. The number of ether oxygens (including phenoxy) is 3. The summed E-state index contributed by atoms with van der Waals surface area (Å²) in [6.07, 6.45) is 7.75. The van der Waals surface area contributed by atoms with Crippen molar-refractivity contribution in [3.8, 4) is 28.4 Å². The Labute approximate surface area is 255 Å². The molecule has 0 aliphatic heterocycles. The van der Waals surface area contributed by atoms with Crippen molar-refractivity contribution in [3.63, 3.8) is 0 Å². The number of esters is 3. The van der Waals surface area contributed by atoms with Crippen molar-refractivity contribution in [1.29, 1.82) is 0 Å². The fraction of sp³-hybridized carbons (Fsp3) is 0.189. The van der Waals surface area contributed by atoms with Crippen LogP contribution in [0.1, 0.15) is 67.3 Å². The lowest BCUT2D eigenvalue weighted by molar-refractivity contribution is -0.132. The van der Waals surface area contributed by atoms with E-state index in [2.05, 4.69) is 12.2 Å². The molecule has 7 nitrogen and oxygen atoms in total. The third-order valence-corrected chi connectivity index (χ3v) is 7.67. The SMILES string of the molecule is CC(=O)Oc1ccc(/C=C2\CCc3c2nc2c(c3-c3ccc(OC(C)=O)cc3)CC/C2=C\c2ccc(OC(C)=O)cc2)cc1. The number of allylic oxidation sites excluding steroid dienone is 2. The largest absolute Gasteiger partial charge is 0.427 e. The normalized spacial score (nSPS) is 15.2. The van der Waals surface area contributed by atoms with Gasteiger partial charge in [0.25, 0.3) is 0 Å². The molecule has 4 aromatic rings. The predicted octanol–water partition coefficient (Wildman–Crippen LogP) is 7.50. The van der Waals surface area contributed by atoms with E-state index in [1.54, 1.807) is 24.3 Å². The van der Waals surface area contributed by atoms with E-state index in [1.807, 2.05) is 48.5 Å². The van der Waals surface area contributed by atoms with Crippen molar-refractivity contribution in [1.82, 2.24) is 4.98 Å². The summed E-state index contributed by atoms with van der Waals surface area (Å²) in [5.41, 5.74) is 11.0. The molecular weight excluding hydrogens is 554 g/mol. The average Bonchev–Trinajstić information content (AvgIpc) is 3.57. The Kier molecular flexibility index (Phi) is 7.94. The van der Waals surface area contributed by atoms with Crippen molar-refractivity contribution >= 4 is 41.2 Å². The van der Waals surface area contributed by atoms with E-state index < -0.39 is 0 Å². The molecule has 2 aliphatic rings. The van der Waals surface area contributed by atoms with Gasteiger partial charge in [-0.3, -0.25) is 14.4 Å². The molecule has 0 saturated carbocycles. The zero-order valence-electron chi connectivity index (χ0n) is 24.8. The Morgan fingerprint density at radius 3 is 1.27 bits per heavy atom. The number of hydrogen-bond donors (Lipinski definition) is 0. The molecule has 0 unspecified atom stereocenters. The molecule has 6 rings (SSSR count). The van der Waals surface area contributed by atoms with Crippen molar-refractivity contribution in [2.24, 2.45) is 0 Å². The van der Waals surface area contributed by atoms with E-state index in [-0.39, 0.29) is 17.9 Å². The summed E-state index contributed by atoms with van der Waals surface area (Å²) in [5.74, 6) is 0.483. The highest BCUT2D eigenvalue weighted by molar-refractivity contribution is 5.93. The lowest BCUT2D eigenvalue weighted by atomic mass is 9.93. The first-order valence-corrected chi connectivity index (χ1v) is 14.6. The van der Waals surface area contributed by atoms with Crippen LogP contribution in [0.5, 0.6) is 17.2 Å². The summed E-state index contributed by atoms with van der Waals surface area (Å²) < 4.78 is 15.7. The minimum absolute atomic E-state index is 0.350. The highest BCUT2D eigenvalue weighted by Gasteiger charge is 2.30. The molecule has 0 fully saturated rings. The fourth-order valence-corrected chi connectivity index (χ4v) is 5.92. The number of aromatic nitrogens is 1. The maximum absolute atomic E-state index is 11.5. The van der Waals surface area contributed by atoms with Crippen LogP contribution in [0, 0.1) is 0 Å². The summed E-state index contributed by atoms with van der Waals surface area (Å²) in [5, 5.41) is 0. The van der Waals surface area contributed by atoms with Crippen molar-refractivity contribution in [2.75, 3.05) is 0 Å². The molecule has 3 aromatic carbocycles. The summed E-state index contributed by atoms with van der Waals surface area (Å²) in [7, 11) is 0. The summed E-state index contributed by atoms with van der Waals surface area (Å²) in [6, 6.07) is 22.6. The molecule has 44 heavy (non-hydrogen) atoms. The zero-order chi connectivity index (χ0) is 30.8. The molecule has 1 heterocycles. The molecule has 1 aromatic heterocycles. The number of rotatable bonds is 6. The van der Waals surface area contributed by atoms with Crippen LogP contribution in [-0.4, -0.2) is 22.9 Å². The number of carbonyl (C=O) groups is 3. The van der Waals surface area contributed by atoms with Gasteiger partial charge in [0.05, 0.1) is 11.4 Å². The Hall–Kier alpha value is -5.30. The van der Waals surface area contributed by atoms with Gasteiger partial charge in [-0.1, -0.05) is 36.4 Å². The Bertz CT molecular complexity index is 1730. The van der Waals surface area contributed by atoms with Crippen molar-refractivity contribution in [2.45, 2.75) is 46.5 Å². The van der Waals surface area contributed by atoms with Crippen LogP contribution in [0.25, 0.3) is 34.4 Å².